The molecular formula is C15H18N2O2. The molecule has 3 rings (SSSR count). The molecule has 0 atom stereocenters. The van der Waals surface area contributed by atoms with Crippen LogP contribution in [0.5, 0.6) is 0 Å². The van der Waals surface area contributed by atoms with Crippen molar-refractivity contribution in [3.8, 4) is 6.07 Å². The van der Waals surface area contributed by atoms with E-state index in [0.717, 1.165) is 44.6 Å². The van der Waals surface area contributed by atoms with Crippen molar-refractivity contribution in [1.29, 1.82) is 5.26 Å². The Morgan fingerprint density at radius 3 is 2.63 bits per heavy atom. The van der Waals surface area contributed by atoms with E-state index >= 15 is 0 Å². The number of nitrogens with one attached hydrogen (secondary N) is 1. The van der Waals surface area contributed by atoms with Crippen LogP contribution in [0.3, 0.4) is 0 Å². The Morgan fingerprint density at radius 1 is 1.21 bits per heavy atom. The molecule has 2 fully saturated rings. The minimum absolute atomic E-state index is 0.299. The van der Waals surface area contributed by atoms with Crippen LogP contribution in [-0.2, 0) is 9.47 Å². The van der Waals surface area contributed by atoms with Crippen LogP contribution in [0.4, 0.5) is 5.69 Å². The first-order valence-corrected chi connectivity index (χ1v) is 6.84. The Morgan fingerprint density at radius 2 is 1.95 bits per heavy atom. The summed E-state index contributed by atoms with van der Waals surface area (Å²) >= 11 is 0. The average molecular weight is 258 g/mol. The molecule has 0 unspecified atom stereocenters. The zero-order valence-corrected chi connectivity index (χ0v) is 10.9. The van der Waals surface area contributed by atoms with Crippen LogP contribution in [0.15, 0.2) is 24.3 Å². The molecule has 1 spiro atoms. The van der Waals surface area contributed by atoms with Crippen LogP contribution in [0.1, 0.15) is 31.2 Å². The van der Waals surface area contributed by atoms with Crippen LogP contribution in [0, 0.1) is 11.3 Å². The van der Waals surface area contributed by atoms with E-state index in [1.54, 1.807) is 0 Å². The summed E-state index contributed by atoms with van der Waals surface area (Å²) in [5.41, 5.74) is 1.72. The highest BCUT2D eigenvalue weighted by Crippen LogP contribution is 2.36. The lowest BCUT2D eigenvalue weighted by atomic mass is 9.90. The van der Waals surface area contributed by atoms with Gasteiger partial charge in [-0.05, 0) is 31.0 Å². The molecule has 0 amide bonds. The maximum absolute atomic E-state index is 8.90. The molecule has 0 aromatic heterocycles. The Labute approximate surface area is 113 Å². The molecular weight excluding hydrogens is 240 g/mol. The quantitative estimate of drug-likeness (QED) is 0.886. The van der Waals surface area contributed by atoms with Gasteiger partial charge in [0.15, 0.2) is 5.79 Å². The van der Waals surface area contributed by atoms with Crippen molar-refractivity contribution in [2.45, 2.75) is 37.5 Å². The van der Waals surface area contributed by atoms with E-state index < -0.39 is 0 Å². The first kappa shape index (κ1) is 12.5. The minimum Gasteiger partial charge on any atom is -0.382 e. The van der Waals surface area contributed by atoms with Crippen LogP contribution in [0.2, 0.25) is 0 Å². The van der Waals surface area contributed by atoms with Crippen molar-refractivity contribution >= 4 is 5.69 Å². The molecule has 1 aliphatic heterocycles. The summed E-state index contributed by atoms with van der Waals surface area (Å²) in [6, 6.07) is 10.2. The Hall–Kier alpha value is -1.57. The molecule has 1 saturated heterocycles. The lowest BCUT2D eigenvalue weighted by Gasteiger charge is -2.36. The van der Waals surface area contributed by atoms with Crippen molar-refractivity contribution in [1.82, 2.24) is 0 Å². The molecule has 1 saturated carbocycles. The average Bonchev–Trinajstić information content (AvgIpc) is 2.90. The third-order valence-electron chi connectivity index (χ3n) is 3.92. The lowest BCUT2D eigenvalue weighted by Crippen LogP contribution is -2.39. The van der Waals surface area contributed by atoms with Crippen molar-refractivity contribution in [3.63, 3.8) is 0 Å². The summed E-state index contributed by atoms with van der Waals surface area (Å²) in [4.78, 5) is 0. The highest BCUT2D eigenvalue weighted by atomic mass is 16.7. The lowest BCUT2D eigenvalue weighted by molar-refractivity contribution is -0.177. The largest absolute Gasteiger partial charge is 0.382 e. The second-order valence-corrected chi connectivity index (χ2v) is 5.22. The molecule has 1 aromatic rings. The molecule has 1 aliphatic carbocycles. The summed E-state index contributed by atoms with van der Waals surface area (Å²) in [6.45, 7) is 1.45. The minimum atomic E-state index is -0.299. The fourth-order valence-corrected chi connectivity index (χ4v) is 2.90. The Balaban J connectivity index is 1.58. The zero-order valence-electron chi connectivity index (χ0n) is 10.9. The number of hydrogen-bond acceptors (Lipinski definition) is 4. The normalized spacial score (nSPS) is 22.3. The number of benzene rings is 1. The summed E-state index contributed by atoms with van der Waals surface area (Å²) in [5.74, 6) is -0.299. The second kappa shape index (κ2) is 5.20. The fraction of sp³-hybridized carbons (Fsp3) is 0.533. The van der Waals surface area contributed by atoms with Gasteiger partial charge in [0.25, 0.3) is 0 Å². The van der Waals surface area contributed by atoms with Crippen LogP contribution < -0.4 is 5.32 Å². The van der Waals surface area contributed by atoms with Gasteiger partial charge in [0.1, 0.15) is 0 Å². The third kappa shape index (κ3) is 2.73. The first-order chi connectivity index (χ1) is 9.30. The zero-order chi connectivity index (χ0) is 13.1. The molecule has 0 radical (unpaired) electrons. The van der Waals surface area contributed by atoms with Crippen LogP contribution in [-0.4, -0.2) is 25.0 Å². The Bertz CT molecular complexity index is 479. The molecule has 100 valence electrons. The third-order valence-corrected chi connectivity index (χ3v) is 3.92. The van der Waals surface area contributed by atoms with E-state index in [2.05, 4.69) is 11.4 Å². The van der Waals surface area contributed by atoms with Crippen molar-refractivity contribution in [3.05, 3.63) is 29.8 Å². The molecule has 1 heterocycles. The van der Waals surface area contributed by atoms with Gasteiger partial charge in [-0.1, -0.05) is 6.07 Å². The van der Waals surface area contributed by atoms with Gasteiger partial charge < -0.3 is 14.8 Å². The first-order valence-electron chi connectivity index (χ1n) is 6.84. The predicted octanol–water partition coefficient (Wildman–Crippen LogP) is 2.66. The monoisotopic (exact) mass is 258 g/mol. The number of ether oxygens (including phenoxy) is 2. The van der Waals surface area contributed by atoms with Gasteiger partial charge in [0.2, 0.25) is 0 Å². The highest BCUT2D eigenvalue weighted by Gasteiger charge is 2.40. The van der Waals surface area contributed by atoms with Gasteiger partial charge in [-0.3, -0.25) is 0 Å². The van der Waals surface area contributed by atoms with Crippen LogP contribution >= 0.6 is 0 Å². The van der Waals surface area contributed by atoms with Crippen molar-refractivity contribution < 1.29 is 9.47 Å². The maximum Gasteiger partial charge on any atom is 0.168 e. The number of anilines is 1. The van der Waals surface area contributed by atoms with Gasteiger partial charge >= 0.3 is 0 Å². The van der Waals surface area contributed by atoms with Gasteiger partial charge in [-0.2, -0.15) is 5.26 Å². The standard InChI is InChI=1S/C15H18N2O2/c16-11-12-2-1-3-14(10-12)17-13-4-6-15(7-5-13)18-8-9-19-15/h1-3,10,13,17H,4-9H2. The van der Waals surface area contributed by atoms with E-state index in [-0.39, 0.29) is 5.79 Å². The SMILES string of the molecule is N#Cc1cccc(NC2CCC3(CC2)OCCO3)c1. The molecule has 19 heavy (non-hydrogen) atoms. The molecule has 1 aromatic carbocycles. The van der Waals surface area contributed by atoms with Gasteiger partial charge in [-0.15, -0.1) is 0 Å². The Kier molecular flexibility index (Phi) is 3.41. The van der Waals surface area contributed by atoms with Crippen molar-refractivity contribution in [2.75, 3.05) is 18.5 Å². The summed E-state index contributed by atoms with van der Waals surface area (Å²) < 4.78 is 11.4. The molecule has 2 aliphatic rings. The number of rotatable bonds is 2. The maximum atomic E-state index is 8.90. The van der Waals surface area contributed by atoms with E-state index in [9.17, 15) is 0 Å². The molecule has 1 N–H and O–H groups in total. The van der Waals surface area contributed by atoms with Gasteiger partial charge in [0.05, 0.1) is 24.8 Å². The topological polar surface area (TPSA) is 54.3 Å². The van der Waals surface area contributed by atoms with E-state index in [4.69, 9.17) is 14.7 Å². The van der Waals surface area contributed by atoms with E-state index in [0.29, 0.717) is 11.6 Å². The highest BCUT2D eigenvalue weighted by molar-refractivity contribution is 5.49. The van der Waals surface area contributed by atoms with E-state index in [1.165, 1.54) is 0 Å². The molecule has 4 heteroatoms. The number of nitriles is 1. The smallest absolute Gasteiger partial charge is 0.168 e. The number of nitrogens with zero attached hydrogens (tertiary/aromatic N) is 1. The predicted molar refractivity (Wildman–Crippen MR) is 71.7 cm³/mol. The van der Waals surface area contributed by atoms with Crippen LogP contribution in [0.25, 0.3) is 0 Å². The molecule has 0 bridgehead atoms. The molecule has 4 nitrogen and oxygen atoms in total. The number of hydrogen-bond donors (Lipinski definition) is 1. The summed E-state index contributed by atoms with van der Waals surface area (Å²) in [7, 11) is 0. The van der Waals surface area contributed by atoms with E-state index in [1.807, 2.05) is 24.3 Å². The fourth-order valence-electron chi connectivity index (χ4n) is 2.90. The van der Waals surface area contributed by atoms with Gasteiger partial charge in [-0.25, -0.2) is 0 Å². The second-order valence-electron chi connectivity index (χ2n) is 5.22. The summed E-state index contributed by atoms with van der Waals surface area (Å²) in [6.07, 6.45) is 3.97. The summed E-state index contributed by atoms with van der Waals surface area (Å²) in [5, 5.41) is 12.4. The van der Waals surface area contributed by atoms with Crippen molar-refractivity contribution in [2.24, 2.45) is 0 Å². The van der Waals surface area contributed by atoms with Gasteiger partial charge in [0, 0.05) is 24.6 Å².